The SMILES string of the molecule is CC(=O)Cn1nnc(-c2cnc(N3CC4=C(C3)CN(c3cc(Cl)ccc3C)C4)s2)n1. The molecule has 4 heterocycles. The number of carbonyl (C=O) groups is 1. The van der Waals surface area contributed by atoms with Crippen molar-refractivity contribution in [3.8, 4) is 10.7 Å². The number of Topliss-reactive ketones (excluding diaryl/α,β-unsaturated/α-hetero) is 1. The number of hydrogen-bond acceptors (Lipinski definition) is 8. The largest absolute Gasteiger partial charge is 0.363 e. The monoisotopic (exact) mass is 441 g/mol. The molecular formula is C20H20ClN7OS. The molecule has 0 unspecified atom stereocenters. The Kier molecular flexibility index (Phi) is 4.79. The molecule has 0 spiro atoms. The van der Waals surface area contributed by atoms with Gasteiger partial charge in [0.2, 0.25) is 5.82 Å². The number of benzene rings is 1. The van der Waals surface area contributed by atoms with Gasteiger partial charge < -0.3 is 9.80 Å². The van der Waals surface area contributed by atoms with Gasteiger partial charge in [-0.1, -0.05) is 29.0 Å². The van der Waals surface area contributed by atoms with Crippen LogP contribution in [0.25, 0.3) is 10.7 Å². The molecule has 3 aromatic rings. The first-order valence-electron chi connectivity index (χ1n) is 9.65. The van der Waals surface area contributed by atoms with E-state index in [4.69, 9.17) is 11.6 Å². The fourth-order valence-electron chi connectivity index (χ4n) is 3.93. The fourth-order valence-corrected chi connectivity index (χ4v) is 4.94. The third kappa shape index (κ3) is 3.59. The minimum Gasteiger partial charge on any atom is -0.363 e. The van der Waals surface area contributed by atoms with Gasteiger partial charge in [-0.15, -0.1) is 10.2 Å². The Morgan fingerprint density at radius 3 is 2.63 bits per heavy atom. The first-order chi connectivity index (χ1) is 14.5. The van der Waals surface area contributed by atoms with Crippen molar-refractivity contribution in [2.45, 2.75) is 20.4 Å². The summed E-state index contributed by atoms with van der Waals surface area (Å²) in [5, 5.41) is 14.0. The van der Waals surface area contributed by atoms with E-state index in [2.05, 4.69) is 49.3 Å². The van der Waals surface area contributed by atoms with Gasteiger partial charge in [0, 0.05) is 36.9 Å². The van der Waals surface area contributed by atoms with Gasteiger partial charge in [-0.25, -0.2) is 4.98 Å². The highest BCUT2D eigenvalue weighted by Gasteiger charge is 2.32. The van der Waals surface area contributed by atoms with Crippen LogP contribution in [0.15, 0.2) is 35.5 Å². The van der Waals surface area contributed by atoms with Crippen molar-refractivity contribution in [3.05, 3.63) is 46.1 Å². The zero-order valence-electron chi connectivity index (χ0n) is 16.7. The average molecular weight is 442 g/mol. The van der Waals surface area contributed by atoms with Crippen molar-refractivity contribution in [2.24, 2.45) is 0 Å². The molecule has 0 N–H and O–H groups in total. The van der Waals surface area contributed by atoms with Gasteiger partial charge in [0.05, 0.1) is 11.1 Å². The Labute approximate surface area is 182 Å². The lowest BCUT2D eigenvalue weighted by molar-refractivity contribution is -0.117. The van der Waals surface area contributed by atoms with Gasteiger partial charge in [-0.2, -0.15) is 4.80 Å². The second-order valence-corrected chi connectivity index (χ2v) is 9.15. The summed E-state index contributed by atoms with van der Waals surface area (Å²) in [6.45, 7) is 7.36. The maximum Gasteiger partial charge on any atom is 0.216 e. The first-order valence-corrected chi connectivity index (χ1v) is 10.8. The molecule has 0 saturated heterocycles. The van der Waals surface area contributed by atoms with E-state index in [9.17, 15) is 4.79 Å². The van der Waals surface area contributed by atoms with Gasteiger partial charge in [0.25, 0.3) is 0 Å². The van der Waals surface area contributed by atoms with Gasteiger partial charge in [-0.05, 0) is 47.9 Å². The Balaban J connectivity index is 1.26. The second-order valence-electron chi connectivity index (χ2n) is 7.70. The van der Waals surface area contributed by atoms with Crippen LogP contribution in [0, 0.1) is 6.92 Å². The molecule has 0 aliphatic carbocycles. The standard InChI is InChI=1S/C20H20ClN7OS/c1-12-3-4-16(21)5-17(12)26-8-14-10-27(11-15(14)9-26)20-22-6-18(30-20)19-23-25-28(24-19)7-13(2)29/h3-6H,7-11H2,1-2H3. The molecular weight excluding hydrogens is 422 g/mol. The van der Waals surface area contributed by atoms with Crippen LogP contribution in [-0.4, -0.2) is 57.2 Å². The highest BCUT2D eigenvalue weighted by atomic mass is 35.5. The summed E-state index contributed by atoms with van der Waals surface area (Å²) < 4.78 is 0. The summed E-state index contributed by atoms with van der Waals surface area (Å²) in [6, 6.07) is 6.06. The fraction of sp³-hybridized carbons (Fsp3) is 0.350. The van der Waals surface area contributed by atoms with Crippen molar-refractivity contribution in [1.82, 2.24) is 25.2 Å². The molecule has 2 aromatic heterocycles. The van der Waals surface area contributed by atoms with E-state index < -0.39 is 0 Å². The van der Waals surface area contributed by atoms with Crippen LogP contribution in [0.2, 0.25) is 5.02 Å². The van der Waals surface area contributed by atoms with Crippen LogP contribution < -0.4 is 9.80 Å². The minimum absolute atomic E-state index is 0.0105. The number of ketones is 1. The normalized spacial score (nSPS) is 16.0. The number of thiazole rings is 1. The molecule has 30 heavy (non-hydrogen) atoms. The molecule has 0 amide bonds. The lowest BCUT2D eigenvalue weighted by Crippen LogP contribution is -2.30. The molecule has 2 aliphatic rings. The smallest absolute Gasteiger partial charge is 0.216 e. The zero-order chi connectivity index (χ0) is 20.8. The van der Waals surface area contributed by atoms with E-state index in [1.165, 1.54) is 34.1 Å². The van der Waals surface area contributed by atoms with Crippen LogP contribution in [0.5, 0.6) is 0 Å². The number of anilines is 2. The van der Waals surface area contributed by atoms with Crippen LogP contribution in [0.4, 0.5) is 10.8 Å². The molecule has 0 atom stereocenters. The molecule has 0 fully saturated rings. The summed E-state index contributed by atoms with van der Waals surface area (Å²) in [7, 11) is 0. The molecule has 1 aromatic carbocycles. The summed E-state index contributed by atoms with van der Waals surface area (Å²) in [6.07, 6.45) is 1.78. The second kappa shape index (κ2) is 7.48. The maximum atomic E-state index is 11.2. The quantitative estimate of drug-likeness (QED) is 0.563. The van der Waals surface area contributed by atoms with Crippen molar-refractivity contribution in [1.29, 1.82) is 0 Å². The van der Waals surface area contributed by atoms with Crippen LogP contribution in [0.1, 0.15) is 12.5 Å². The van der Waals surface area contributed by atoms with Crippen LogP contribution >= 0.6 is 22.9 Å². The summed E-state index contributed by atoms with van der Waals surface area (Å²) >= 11 is 7.76. The molecule has 0 saturated carbocycles. The summed E-state index contributed by atoms with van der Waals surface area (Å²) in [5.41, 5.74) is 5.36. The van der Waals surface area contributed by atoms with Crippen molar-refractivity contribution in [2.75, 3.05) is 36.0 Å². The Hall–Kier alpha value is -2.78. The number of rotatable bonds is 5. The minimum atomic E-state index is -0.0105. The number of carbonyl (C=O) groups excluding carboxylic acids is 1. The zero-order valence-corrected chi connectivity index (χ0v) is 18.2. The molecule has 5 rings (SSSR count). The van der Waals surface area contributed by atoms with Gasteiger partial charge >= 0.3 is 0 Å². The number of tetrazole rings is 1. The van der Waals surface area contributed by atoms with E-state index in [0.29, 0.717) is 5.82 Å². The molecule has 0 radical (unpaired) electrons. The predicted molar refractivity (Wildman–Crippen MR) is 117 cm³/mol. The van der Waals surface area contributed by atoms with E-state index >= 15 is 0 Å². The maximum absolute atomic E-state index is 11.2. The average Bonchev–Trinajstić information content (AvgIpc) is 3.44. The molecule has 154 valence electrons. The van der Waals surface area contributed by atoms with Crippen molar-refractivity contribution >= 4 is 39.5 Å². The summed E-state index contributed by atoms with van der Waals surface area (Å²) in [5.74, 6) is 0.492. The number of hydrogen-bond donors (Lipinski definition) is 0. The Morgan fingerprint density at radius 2 is 1.90 bits per heavy atom. The Bertz CT molecular complexity index is 1150. The van der Waals surface area contributed by atoms with Crippen molar-refractivity contribution in [3.63, 3.8) is 0 Å². The summed E-state index contributed by atoms with van der Waals surface area (Å²) in [4.78, 5) is 22.7. The molecule has 2 aliphatic heterocycles. The van der Waals surface area contributed by atoms with E-state index in [1.54, 1.807) is 17.5 Å². The Morgan fingerprint density at radius 1 is 1.17 bits per heavy atom. The number of nitrogens with zero attached hydrogens (tertiary/aromatic N) is 7. The highest BCUT2D eigenvalue weighted by molar-refractivity contribution is 7.18. The topological polar surface area (TPSA) is 80.0 Å². The molecule has 8 nitrogen and oxygen atoms in total. The first kappa shape index (κ1) is 19.2. The van der Waals surface area contributed by atoms with Crippen LogP contribution in [-0.2, 0) is 11.3 Å². The highest BCUT2D eigenvalue weighted by Crippen LogP contribution is 2.36. The predicted octanol–water partition coefficient (Wildman–Crippen LogP) is 2.98. The lowest BCUT2D eigenvalue weighted by Gasteiger charge is -2.25. The lowest BCUT2D eigenvalue weighted by atomic mass is 10.2. The van der Waals surface area contributed by atoms with E-state index in [0.717, 1.165) is 41.2 Å². The number of aryl methyl sites for hydroxylation is 1. The number of halogens is 1. The molecule has 0 bridgehead atoms. The van der Waals surface area contributed by atoms with Gasteiger partial charge in [-0.3, -0.25) is 4.79 Å². The van der Waals surface area contributed by atoms with E-state index in [-0.39, 0.29) is 12.3 Å². The third-order valence-corrected chi connectivity index (χ3v) is 6.63. The van der Waals surface area contributed by atoms with Gasteiger partial charge in [0.1, 0.15) is 6.54 Å². The van der Waals surface area contributed by atoms with E-state index in [1.807, 2.05) is 6.07 Å². The van der Waals surface area contributed by atoms with Gasteiger partial charge in [0.15, 0.2) is 10.9 Å². The van der Waals surface area contributed by atoms with Crippen molar-refractivity contribution < 1.29 is 4.79 Å². The van der Waals surface area contributed by atoms with Crippen LogP contribution in [0.3, 0.4) is 0 Å². The molecule has 10 heteroatoms. The number of aromatic nitrogens is 5. The third-order valence-electron chi connectivity index (χ3n) is 5.34.